The summed E-state index contributed by atoms with van der Waals surface area (Å²) in [6.07, 6.45) is 5.08. The van der Waals surface area contributed by atoms with E-state index in [9.17, 15) is 0 Å². The van der Waals surface area contributed by atoms with Crippen LogP contribution in [-0.2, 0) is 6.54 Å². The number of anilines is 1. The van der Waals surface area contributed by atoms with E-state index in [0.29, 0.717) is 0 Å². The van der Waals surface area contributed by atoms with Gasteiger partial charge >= 0.3 is 0 Å². The van der Waals surface area contributed by atoms with Crippen molar-refractivity contribution < 1.29 is 4.74 Å². The van der Waals surface area contributed by atoms with Crippen LogP contribution in [0.3, 0.4) is 0 Å². The molecule has 1 aromatic heterocycles. The van der Waals surface area contributed by atoms with Crippen LogP contribution in [-0.4, -0.2) is 15.9 Å². The Labute approximate surface area is 114 Å². The van der Waals surface area contributed by atoms with Crippen molar-refractivity contribution in [3.63, 3.8) is 0 Å². The smallest absolute Gasteiger partial charge is 0.120 e. The molecule has 0 amide bonds. The monoisotopic (exact) mass is 259 g/mol. The summed E-state index contributed by atoms with van der Waals surface area (Å²) in [6, 6.07) is 5.75. The van der Waals surface area contributed by atoms with Gasteiger partial charge in [0, 0.05) is 29.6 Å². The van der Waals surface area contributed by atoms with Gasteiger partial charge in [-0.1, -0.05) is 6.92 Å². The summed E-state index contributed by atoms with van der Waals surface area (Å²) >= 11 is 0. The average Bonchev–Trinajstić information content (AvgIpc) is 2.80. The van der Waals surface area contributed by atoms with Crippen LogP contribution in [0.1, 0.15) is 27.2 Å². The minimum Gasteiger partial charge on any atom is -0.491 e. The molecule has 0 radical (unpaired) electrons. The Morgan fingerprint density at radius 2 is 2.16 bits per heavy atom. The summed E-state index contributed by atoms with van der Waals surface area (Å²) in [7, 11) is 0. The van der Waals surface area contributed by atoms with Gasteiger partial charge < -0.3 is 10.5 Å². The molecule has 102 valence electrons. The van der Waals surface area contributed by atoms with Crippen LogP contribution in [0.5, 0.6) is 5.75 Å². The molecule has 4 nitrogen and oxygen atoms in total. The first-order valence-electron chi connectivity index (χ1n) is 6.69. The molecule has 0 fully saturated rings. The minimum absolute atomic E-state index is 0.152. The van der Waals surface area contributed by atoms with Gasteiger partial charge in [-0.2, -0.15) is 5.10 Å². The third-order valence-electron chi connectivity index (χ3n) is 2.79. The van der Waals surface area contributed by atoms with Crippen molar-refractivity contribution in [1.82, 2.24) is 9.78 Å². The van der Waals surface area contributed by atoms with Gasteiger partial charge in [-0.25, -0.2) is 0 Å². The first-order valence-corrected chi connectivity index (χ1v) is 6.69. The number of rotatable bonds is 5. The highest BCUT2D eigenvalue weighted by Gasteiger charge is 2.08. The number of nitrogen functional groups attached to an aromatic ring is 1. The van der Waals surface area contributed by atoms with E-state index in [0.717, 1.165) is 35.5 Å². The standard InChI is InChI=1S/C15H21N3O/c1-4-7-18-10-12(9-17-18)14-8-13(19-11(2)3)5-6-15(14)16/h5-6,8-11H,4,7,16H2,1-3H3. The second kappa shape index (κ2) is 5.78. The van der Waals surface area contributed by atoms with Crippen LogP contribution in [0.25, 0.3) is 11.1 Å². The minimum atomic E-state index is 0.152. The number of nitrogens with two attached hydrogens (primary N) is 1. The number of nitrogens with zero attached hydrogens (tertiary/aromatic N) is 2. The summed E-state index contributed by atoms with van der Waals surface area (Å²) in [5, 5.41) is 4.33. The normalized spacial score (nSPS) is 10.9. The Balaban J connectivity index is 2.31. The largest absolute Gasteiger partial charge is 0.491 e. The van der Waals surface area contributed by atoms with E-state index in [-0.39, 0.29) is 6.10 Å². The van der Waals surface area contributed by atoms with Gasteiger partial charge in [-0.05, 0) is 38.5 Å². The lowest BCUT2D eigenvalue weighted by Crippen LogP contribution is -2.05. The van der Waals surface area contributed by atoms with Gasteiger partial charge in [0.25, 0.3) is 0 Å². The van der Waals surface area contributed by atoms with Crippen LogP contribution >= 0.6 is 0 Å². The second-order valence-corrected chi connectivity index (χ2v) is 4.91. The van der Waals surface area contributed by atoms with Crippen molar-refractivity contribution >= 4 is 5.69 Å². The lowest BCUT2D eigenvalue weighted by atomic mass is 10.1. The fourth-order valence-corrected chi connectivity index (χ4v) is 1.98. The third-order valence-corrected chi connectivity index (χ3v) is 2.79. The highest BCUT2D eigenvalue weighted by molar-refractivity contribution is 5.76. The van der Waals surface area contributed by atoms with E-state index in [1.54, 1.807) is 0 Å². The zero-order valence-corrected chi connectivity index (χ0v) is 11.8. The van der Waals surface area contributed by atoms with Crippen molar-refractivity contribution in [2.75, 3.05) is 5.73 Å². The quantitative estimate of drug-likeness (QED) is 0.838. The van der Waals surface area contributed by atoms with Gasteiger partial charge in [0.05, 0.1) is 12.3 Å². The topological polar surface area (TPSA) is 53.1 Å². The maximum Gasteiger partial charge on any atom is 0.120 e. The predicted molar refractivity (Wildman–Crippen MR) is 78.1 cm³/mol. The van der Waals surface area contributed by atoms with E-state index in [2.05, 4.69) is 12.0 Å². The molecule has 1 aromatic carbocycles. The van der Waals surface area contributed by atoms with Crippen molar-refractivity contribution in [3.05, 3.63) is 30.6 Å². The molecule has 2 N–H and O–H groups in total. The van der Waals surface area contributed by atoms with Crippen LogP contribution in [0.15, 0.2) is 30.6 Å². The summed E-state index contributed by atoms with van der Waals surface area (Å²) in [5.41, 5.74) is 8.79. The second-order valence-electron chi connectivity index (χ2n) is 4.91. The van der Waals surface area contributed by atoms with Crippen molar-refractivity contribution in [3.8, 4) is 16.9 Å². The zero-order valence-electron chi connectivity index (χ0n) is 11.8. The molecule has 0 spiro atoms. The van der Waals surface area contributed by atoms with Crippen molar-refractivity contribution in [2.45, 2.75) is 39.8 Å². The molecule has 0 unspecified atom stereocenters. The number of hydrogen-bond acceptors (Lipinski definition) is 3. The van der Waals surface area contributed by atoms with Gasteiger partial charge in [0.15, 0.2) is 0 Å². The SMILES string of the molecule is CCCn1cc(-c2cc(OC(C)C)ccc2N)cn1. The molecule has 19 heavy (non-hydrogen) atoms. The van der Waals surface area contributed by atoms with Crippen LogP contribution in [0, 0.1) is 0 Å². The third kappa shape index (κ3) is 3.28. The highest BCUT2D eigenvalue weighted by Crippen LogP contribution is 2.30. The number of benzene rings is 1. The Kier molecular flexibility index (Phi) is 4.10. The van der Waals surface area contributed by atoms with Crippen LogP contribution < -0.4 is 10.5 Å². The van der Waals surface area contributed by atoms with Crippen LogP contribution in [0.4, 0.5) is 5.69 Å². The summed E-state index contributed by atoms with van der Waals surface area (Å²) in [6.45, 7) is 7.07. The van der Waals surface area contributed by atoms with Crippen LogP contribution in [0.2, 0.25) is 0 Å². The fourth-order valence-electron chi connectivity index (χ4n) is 1.98. The van der Waals surface area contributed by atoms with E-state index in [1.807, 2.05) is 49.1 Å². The van der Waals surface area contributed by atoms with Gasteiger partial charge in [-0.3, -0.25) is 4.68 Å². The lowest BCUT2D eigenvalue weighted by molar-refractivity contribution is 0.242. The van der Waals surface area contributed by atoms with E-state index in [1.165, 1.54) is 0 Å². The van der Waals surface area contributed by atoms with Crippen molar-refractivity contribution in [2.24, 2.45) is 0 Å². The fraction of sp³-hybridized carbons (Fsp3) is 0.400. The zero-order chi connectivity index (χ0) is 13.8. The molecule has 2 rings (SSSR count). The highest BCUT2D eigenvalue weighted by atomic mass is 16.5. The first kappa shape index (κ1) is 13.5. The van der Waals surface area contributed by atoms with E-state index >= 15 is 0 Å². The number of hydrogen-bond donors (Lipinski definition) is 1. The van der Waals surface area contributed by atoms with Gasteiger partial charge in [0.2, 0.25) is 0 Å². The summed E-state index contributed by atoms with van der Waals surface area (Å²) in [5.74, 6) is 0.836. The van der Waals surface area contributed by atoms with Gasteiger partial charge in [-0.15, -0.1) is 0 Å². The molecule has 4 heteroatoms. The van der Waals surface area contributed by atoms with Gasteiger partial charge in [0.1, 0.15) is 5.75 Å². The summed E-state index contributed by atoms with van der Waals surface area (Å²) in [4.78, 5) is 0. The first-order chi connectivity index (χ1) is 9.10. The molecular weight excluding hydrogens is 238 g/mol. The molecule has 0 aliphatic heterocycles. The number of aryl methyl sites for hydroxylation is 1. The Morgan fingerprint density at radius 1 is 1.37 bits per heavy atom. The molecule has 2 aromatic rings. The van der Waals surface area contributed by atoms with Crippen molar-refractivity contribution in [1.29, 1.82) is 0 Å². The molecule has 0 aliphatic carbocycles. The molecule has 0 bridgehead atoms. The van der Waals surface area contributed by atoms with E-state index < -0.39 is 0 Å². The maximum atomic E-state index is 6.04. The molecule has 0 aliphatic rings. The molecular formula is C15H21N3O. The molecule has 0 saturated carbocycles. The maximum absolute atomic E-state index is 6.04. The number of ether oxygens (including phenoxy) is 1. The summed E-state index contributed by atoms with van der Waals surface area (Å²) < 4.78 is 7.64. The van der Waals surface area contributed by atoms with E-state index in [4.69, 9.17) is 10.5 Å². The predicted octanol–water partition coefficient (Wildman–Crippen LogP) is 3.33. The number of aromatic nitrogens is 2. The molecule has 0 saturated heterocycles. The molecule has 0 atom stereocenters. The molecule has 1 heterocycles. The average molecular weight is 259 g/mol. The Morgan fingerprint density at radius 3 is 2.84 bits per heavy atom. The Bertz CT molecular complexity index is 546. The lowest BCUT2D eigenvalue weighted by Gasteiger charge is -2.12. The Hall–Kier alpha value is -1.97.